The minimum absolute atomic E-state index is 0.173. The second-order valence-electron chi connectivity index (χ2n) is 7.60. The third-order valence-electron chi connectivity index (χ3n) is 5.41. The molecular weight excluding hydrogens is 460 g/mol. The zero-order valence-corrected chi connectivity index (χ0v) is 19.4. The lowest BCUT2D eigenvalue weighted by atomic mass is 9.87. The van der Waals surface area contributed by atoms with E-state index in [1.54, 1.807) is 48.8 Å². The molecule has 0 saturated heterocycles. The standard InChI is InChI=1S/C24H22N2O5S2/c1-33(29,30)24(21-6-3-11-25-21,19-4-2-5-20(14-19)31-16-22(27)28)15-17-7-9-18(10-8-17)23-26-12-13-32-23/h2-14,25H,15-16H2,1H3,(H,27,28). The van der Waals surface area contributed by atoms with E-state index in [2.05, 4.69) is 9.97 Å². The van der Waals surface area contributed by atoms with Crippen LogP contribution in [0.25, 0.3) is 10.6 Å². The highest BCUT2D eigenvalue weighted by Crippen LogP contribution is 2.41. The Labute approximate surface area is 195 Å². The highest BCUT2D eigenvalue weighted by Gasteiger charge is 2.45. The molecule has 1 unspecified atom stereocenters. The molecule has 7 nitrogen and oxygen atoms in total. The molecule has 9 heteroatoms. The molecule has 1 atom stereocenters. The molecule has 0 radical (unpaired) electrons. The molecule has 0 bridgehead atoms. The number of carbonyl (C=O) groups is 1. The number of hydrogen-bond donors (Lipinski definition) is 2. The van der Waals surface area contributed by atoms with E-state index in [4.69, 9.17) is 9.84 Å². The third kappa shape index (κ3) is 4.69. The summed E-state index contributed by atoms with van der Waals surface area (Å²) in [6.07, 6.45) is 4.81. The number of nitrogens with one attached hydrogen (secondary N) is 1. The van der Waals surface area contributed by atoms with E-state index in [0.29, 0.717) is 11.3 Å². The Morgan fingerprint density at radius 3 is 2.55 bits per heavy atom. The molecule has 4 aromatic rings. The Balaban J connectivity index is 1.81. The number of aromatic nitrogens is 2. The van der Waals surface area contributed by atoms with Gasteiger partial charge in [-0.1, -0.05) is 36.4 Å². The second-order valence-corrected chi connectivity index (χ2v) is 10.7. The number of carboxylic acids is 1. The number of hydrogen-bond acceptors (Lipinski definition) is 6. The highest BCUT2D eigenvalue weighted by atomic mass is 32.2. The molecule has 33 heavy (non-hydrogen) atoms. The van der Waals surface area contributed by atoms with Gasteiger partial charge in [-0.25, -0.2) is 18.2 Å². The number of thiazole rings is 1. The van der Waals surface area contributed by atoms with Gasteiger partial charge in [-0.15, -0.1) is 11.3 Å². The van der Waals surface area contributed by atoms with Crippen LogP contribution >= 0.6 is 11.3 Å². The third-order valence-corrected chi connectivity index (χ3v) is 8.10. The Kier molecular flexibility index (Phi) is 6.35. The molecule has 170 valence electrons. The van der Waals surface area contributed by atoms with Crippen molar-refractivity contribution in [2.75, 3.05) is 12.9 Å². The van der Waals surface area contributed by atoms with Gasteiger partial charge in [0.1, 0.15) is 15.5 Å². The molecule has 2 heterocycles. The van der Waals surface area contributed by atoms with Gasteiger partial charge in [-0.3, -0.25) is 0 Å². The predicted molar refractivity (Wildman–Crippen MR) is 127 cm³/mol. The van der Waals surface area contributed by atoms with E-state index in [-0.39, 0.29) is 12.2 Å². The van der Waals surface area contributed by atoms with E-state index in [1.165, 1.54) is 17.6 Å². The lowest BCUT2D eigenvalue weighted by Gasteiger charge is -2.32. The maximum atomic E-state index is 13.4. The Hall–Kier alpha value is -3.43. The summed E-state index contributed by atoms with van der Waals surface area (Å²) >= 11 is 1.53. The van der Waals surface area contributed by atoms with E-state index in [9.17, 15) is 13.2 Å². The number of benzene rings is 2. The number of aliphatic carboxylic acids is 1. The van der Waals surface area contributed by atoms with Crippen LogP contribution in [0.1, 0.15) is 16.8 Å². The van der Waals surface area contributed by atoms with Crippen molar-refractivity contribution in [3.05, 3.63) is 95.3 Å². The number of H-pyrrole nitrogens is 1. The van der Waals surface area contributed by atoms with Crippen LogP contribution in [0.4, 0.5) is 0 Å². The van der Waals surface area contributed by atoms with Crippen LogP contribution in [0.15, 0.2) is 78.4 Å². The van der Waals surface area contributed by atoms with Gasteiger partial charge in [-0.05, 0) is 35.4 Å². The zero-order chi connectivity index (χ0) is 23.5. The van der Waals surface area contributed by atoms with Crippen molar-refractivity contribution in [2.24, 2.45) is 0 Å². The van der Waals surface area contributed by atoms with Crippen LogP contribution in [0.3, 0.4) is 0 Å². The Morgan fingerprint density at radius 1 is 1.15 bits per heavy atom. The molecule has 2 aromatic heterocycles. The summed E-state index contributed by atoms with van der Waals surface area (Å²) in [6, 6.07) is 17.8. The summed E-state index contributed by atoms with van der Waals surface area (Å²) in [5.74, 6) is -0.826. The first kappa shape index (κ1) is 22.8. The topological polar surface area (TPSA) is 109 Å². The normalized spacial score (nSPS) is 13.4. The number of nitrogens with zero attached hydrogens (tertiary/aromatic N) is 1. The molecule has 2 N–H and O–H groups in total. The average Bonchev–Trinajstić information content (AvgIpc) is 3.50. The molecule has 4 rings (SSSR count). The number of sulfone groups is 1. The van der Waals surface area contributed by atoms with Crippen molar-refractivity contribution in [3.63, 3.8) is 0 Å². The lowest BCUT2D eigenvalue weighted by molar-refractivity contribution is -0.139. The number of rotatable bonds is 9. The molecular formula is C24H22N2O5S2. The van der Waals surface area contributed by atoms with Gasteiger partial charge in [-0.2, -0.15) is 0 Å². The van der Waals surface area contributed by atoms with Gasteiger partial charge in [0.2, 0.25) is 0 Å². The Morgan fingerprint density at radius 2 is 1.94 bits per heavy atom. The molecule has 0 aliphatic carbocycles. The first-order chi connectivity index (χ1) is 15.8. The van der Waals surface area contributed by atoms with Crippen molar-refractivity contribution >= 4 is 27.1 Å². The minimum Gasteiger partial charge on any atom is -0.482 e. The summed E-state index contributed by atoms with van der Waals surface area (Å²) < 4.78 is 30.8. The summed E-state index contributed by atoms with van der Waals surface area (Å²) in [5.41, 5.74) is 2.79. The molecule has 2 aromatic carbocycles. The SMILES string of the molecule is CS(=O)(=O)C(Cc1ccc(-c2nccs2)cc1)(c1cccc(OCC(=O)O)c1)c1ccc[nH]1. The monoisotopic (exact) mass is 482 g/mol. The van der Waals surface area contributed by atoms with Crippen molar-refractivity contribution in [1.82, 2.24) is 9.97 Å². The molecule has 0 aliphatic heterocycles. The lowest BCUT2D eigenvalue weighted by Crippen LogP contribution is -2.39. The number of ether oxygens (including phenoxy) is 1. The maximum absolute atomic E-state index is 13.4. The van der Waals surface area contributed by atoms with Gasteiger partial charge >= 0.3 is 5.97 Å². The fraction of sp³-hybridized carbons (Fsp3) is 0.167. The Bertz CT molecular complexity index is 1330. The molecule has 0 fully saturated rings. The van der Waals surface area contributed by atoms with Crippen molar-refractivity contribution in [2.45, 2.75) is 11.2 Å². The summed E-state index contributed by atoms with van der Waals surface area (Å²) in [6.45, 7) is -0.518. The smallest absolute Gasteiger partial charge is 0.341 e. The van der Waals surface area contributed by atoms with Crippen LogP contribution in [-0.2, 0) is 25.8 Å². The quantitative estimate of drug-likeness (QED) is 0.371. The highest BCUT2D eigenvalue weighted by molar-refractivity contribution is 7.91. The van der Waals surface area contributed by atoms with Gasteiger partial charge in [0.05, 0.1) is 0 Å². The van der Waals surface area contributed by atoms with E-state index in [1.807, 2.05) is 29.6 Å². The van der Waals surface area contributed by atoms with E-state index in [0.717, 1.165) is 16.1 Å². The predicted octanol–water partition coefficient (Wildman–Crippen LogP) is 4.13. The van der Waals surface area contributed by atoms with Crippen LogP contribution in [0, 0.1) is 0 Å². The van der Waals surface area contributed by atoms with Crippen LogP contribution in [0.5, 0.6) is 5.75 Å². The van der Waals surface area contributed by atoms with Crippen LogP contribution < -0.4 is 4.74 Å². The molecule has 0 aliphatic rings. The molecule has 0 amide bonds. The van der Waals surface area contributed by atoms with Crippen LogP contribution in [0.2, 0.25) is 0 Å². The summed E-state index contributed by atoms with van der Waals surface area (Å²) in [7, 11) is -3.72. The van der Waals surface area contributed by atoms with Gasteiger partial charge in [0.25, 0.3) is 0 Å². The maximum Gasteiger partial charge on any atom is 0.341 e. The summed E-state index contributed by atoms with van der Waals surface area (Å²) in [5, 5.41) is 11.7. The van der Waals surface area contributed by atoms with Crippen molar-refractivity contribution < 1.29 is 23.1 Å². The largest absolute Gasteiger partial charge is 0.482 e. The van der Waals surface area contributed by atoms with Gasteiger partial charge in [0.15, 0.2) is 16.4 Å². The molecule has 0 spiro atoms. The van der Waals surface area contributed by atoms with E-state index >= 15 is 0 Å². The summed E-state index contributed by atoms with van der Waals surface area (Å²) in [4.78, 5) is 18.3. The van der Waals surface area contributed by atoms with Crippen molar-refractivity contribution in [3.8, 4) is 16.3 Å². The fourth-order valence-corrected chi connectivity index (χ4v) is 6.03. The van der Waals surface area contributed by atoms with Gasteiger partial charge in [0, 0.05) is 41.7 Å². The number of carboxylic acid groups (broad SMARTS) is 1. The molecule has 0 saturated carbocycles. The fourth-order valence-electron chi connectivity index (χ4n) is 3.88. The number of aromatic amines is 1. The van der Waals surface area contributed by atoms with Crippen LogP contribution in [-0.4, -0.2) is 42.3 Å². The first-order valence-electron chi connectivity index (χ1n) is 10.1. The van der Waals surface area contributed by atoms with Gasteiger partial charge < -0.3 is 14.8 Å². The zero-order valence-electron chi connectivity index (χ0n) is 17.8. The average molecular weight is 483 g/mol. The minimum atomic E-state index is -3.72. The van der Waals surface area contributed by atoms with E-state index < -0.39 is 27.2 Å². The first-order valence-corrected chi connectivity index (χ1v) is 12.8. The second kappa shape index (κ2) is 9.21. The van der Waals surface area contributed by atoms with Crippen molar-refractivity contribution in [1.29, 1.82) is 0 Å².